The van der Waals surface area contributed by atoms with Crippen molar-refractivity contribution >= 4 is 23.1 Å². The molecule has 1 amide bonds. The van der Waals surface area contributed by atoms with Gasteiger partial charge >= 0.3 is 0 Å². The van der Waals surface area contributed by atoms with Crippen LogP contribution < -0.4 is 5.73 Å². The molecule has 1 atom stereocenters. The Bertz CT molecular complexity index is 425. The molecule has 0 fully saturated rings. The van der Waals surface area contributed by atoms with Crippen LogP contribution in [0.4, 0.5) is 8.78 Å². The van der Waals surface area contributed by atoms with Crippen molar-refractivity contribution in [3.63, 3.8) is 0 Å². The van der Waals surface area contributed by atoms with Crippen molar-refractivity contribution in [2.75, 3.05) is 13.6 Å². The molecule has 0 saturated carbocycles. The number of carbonyl (C=O) groups excluding carboxylic acids is 1. The van der Waals surface area contributed by atoms with Crippen LogP contribution in [0.15, 0.2) is 30.3 Å². The van der Waals surface area contributed by atoms with E-state index in [4.69, 9.17) is 18.0 Å². The molecule has 1 aromatic carbocycles. The lowest BCUT2D eigenvalue weighted by Crippen LogP contribution is -2.39. The van der Waals surface area contributed by atoms with Gasteiger partial charge in [-0.1, -0.05) is 42.5 Å². The second-order valence-electron chi connectivity index (χ2n) is 3.86. The summed E-state index contributed by atoms with van der Waals surface area (Å²) in [4.78, 5) is 13.0. The van der Waals surface area contributed by atoms with Gasteiger partial charge in [0, 0.05) is 7.05 Å². The van der Waals surface area contributed by atoms with Gasteiger partial charge in [-0.25, -0.2) is 8.78 Å². The minimum absolute atomic E-state index is 0.0210. The number of amides is 1. The van der Waals surface area contributed by atoms with Crippen LogP contribution in [0.25, 0.3) is 0 Å². The molecular weight excluding hydrogens is 258 g/mol. The van der Waals surface area contributed by atoms with Crippen LogP contribution >= 0.6 is 12.2 Å². The van der Waals surface area contributed by atoms with E-state index in [9.17, 15) is 13.6 Å². The maximum atomic E-state index is 12.3. The summed E-state index contributed by atoms with van der Waals surface area (Å²) >= 11 is 4.85. The lowest BCUT2D eigenvalue weighted by atomic mass is 9.98. The highest BCUT2D eigenvalue weighted by atomic mass is 32.1. The first-order valence-electron chi connectivity index (χ1n) is 5.31. The lowest BCUT2D eigenvalue weighted by molar-refractivity contribution is -0.131. The average Bonchev–Trinajstić information content (AvgIpc) is 2.29. The number of likely N-dealkylation sites (N-methyl/N-ethyl adjacent to an activating group) is 1. The third-order valence-electron chi connectivity index (χ3n) is 2.45. The normalized spacial score (nSPS) is 12.2. The summed E-state index contributed by atoms with van der Waals surface area (Å²) in [7, 11) is 1.31. The second kappa shape index (κ2) is 6.39. The monoisotopic (exact) mass is 272 g/mol. The van der Waals surface area contributed by atoms with Gasteiger partial charge in [-0.2, -0.15) is 0 Å². The van der Waals surface area contributed by atoms with E-state index >= 15 is 0 Å². The molecule has 1 aromatic rings. The molecule has 18 heavy (non-hydrogen) atoms. The van der Waals surface area contributed by atoms with Crippen molar-refractivity contribution in [2.45, 2.75) is 12.3 Å². The fourth-order valence-electron chi connectivity index (χ4n) is 1.59. The van der Waals surface area contributed by atoms with Gasteiger partial charge in [-0.05, 0) is 5.56 Å². The topological polar surface area (TPSA) is 46.3 Å². The highest BCUT2D eigenvalue weighted by Crippen LogP contribution is 2.19. The van der Waals surface area contributed by atoms with E-state index in [1.165, 1.54) is 7.05 Å². The van der Waals surface area contributed by atoms with Gasteiger partial charge in [0.15, 0.2) is 0 Å². The summed E-state index contributed by atoms with van der Waals surface area (Å²) in [5.41, 5.74) is 6.14. The predicted molar refractivity (Wildman–Crippen MR) is 69.6 cm³/mol. The van der Waals surface area contributed by atoms with Gasteiger partial charge in [-0.3, -0.25) is 4.79 Å². The fourth-order valence-corrected chi connectivity index (χ4v) is 1.83. The Balaban J connectivity index is 2.93. The van der Waals surface area contributed by atoms with Crippen LogP contribution in [0.5, 0.6) is 0 Å². The molecule has 6 heteroatoms. The number of carbonyl (C=O) groups is 1. The van der Waals surface area contributed by atoms with Crippen LogP contribution in [0.2, 0.25) is 0 Å². The summed E-state index contributed by atoms with van der Waals surface area (Å²) in [6.07, 6.45) is -2.58. The van der Waals surface area contributed by atoms with Gasteiger partial charge in [0.25, 0.3) is 6.43 Å². The molecule has 98 valence electrons. The van der Waals surface area contributed by atoms with E-state index in [2.05, 4.69) is 0 Å². The molecule has 1 rings (SSSR count). The number of rotatable bonds is 5. The van der Waals surface area contributed by atoms with Gasteiger partial charge in [0.1, 0.15) is 5.92 Å². The molecule has 1 unspecified atom stereocenters. The highest BCUT2D eigenvalue weighted by Gasteiger charge is 2.27. The van der Waals surface area contributed by atoms with Crippen molar-refractivity contribution < 1.29 is 13.6 Å². The quantitative estimate of drug-likeness (QED) is 0.831. The van der Waals surface area contributed by atoms with Crippen molar-refractivity contribution in [1.82, 2.24) is 4.90 Å². The third-order valence-corrected chi connectivity index (χ3v) is 2.69. The van der Waals surface area contributed by atoms with Crippen molar-refractivity contribution in [2.24, 2.45) is 5.73 Å². The zero-order chi connectivity index (χ0) is 13.7. The number of thiocarbonyl (C=S) groups is 1. The fraction of sp³-hybridized carbons (Fsp3) is 0.333. The summed E-state index contributed by atoms with van der Waals surface area (Å²) in [6, 6.07) is 8.64. The molecule has 0 radical (unpaired) electrons. The van der Waals surface area contributed by atoms with Crippen molar-refractivity contribution in [3.05, 3.63) is 35.9 Å². The summed E-state index contributed by atoms with van der Waals surface area (Å²) in [5.74, 6) is -1.38. The molecule has 0 bridgehead atoms. The Morgan fingerprint density at radius 3 is 2.39 bits per heavy atom. The first-order chi connectivity index (χ1) is 8.43. The molecule has 0 aliphatic rings. The number of benzene rings is 1. The number of hydrogen-bond donors (Lipinski definition) is 1. The van der Waals surface area contributed by atoms with E-state index in [-0.39, 0.29) is 4.99 Å². The zero-order valence-electron chi connectivity index (χ0n) is 9.85. The van der Waals surface area contributed by atoms with E-state index < -0.39 is 24.8 Å². The number of halogens is 2. The molecule has 2 N–H and O–H groups in total. The number of hydrogen-bond acceptors (Lipinski definition) is 2. The Labute approximate surface area is 110 Å². The van der Waals surface area contributed by atoms with Gasteiger partial charge < -0.3 is 10.6 Å². The first kappa shape index (κ1) is 14.5. The Morgan fingerprint density at radius 1 is 1.39 bits per heavy atom. The molecule has 3 nitrogen and oxygen atoms in total. The SMILES string of the molecule is CN(CC(F)F)C(=O)C(C(N)=S)c1ccccc1. The zero-order valence-corrected chi connectivity index (χ0v) is 10.7. The maximum absolute atomic E-state index is 12.3. The molecule has 0 spiro atoms. The number of nitrogens with two attached hydrogens (primary N) is 1. The van der Waals surface area contributed by atoms with Gasteiger partial charge in [0.2, 0.25) is 5.91 Å². The van der Waals surface area contributed by atoms with Gasteiger partial charge in [-0.15, -0.1) is 0 Å². The standard InChI is InChI=1S/C12H14F2N2OS/c1-16(7-9(13)14)12(17)10(11(15)18)8-5-3-2-4-6-8/h2-6,9-10H,7H2,1H3,(H2,15,18). The number of nitrogens with zero attached hydrogens (tertiary/aromatic N) is 1. The molecule has 0 saturated heterocycles. The van der Waals surface area contributed by atoms with Crippen LogP contribution in [0.1, 0.15) is 11.5 Å². The summed E-state index contributed by atoms with van der Waals surface area (Å²) in [5, 5.41) is 0. The van der Waals surface area contributed by atoms with Crippen LogP contribution in [0, 0.1) is 0 Å². The molecule has 0 heterocycles. The first-order valence-corrected chi connectivity index (χ1v) is 5.71. The molecular formula is C12H14F2N2OS. The molecule has 0 aliphatic carbocycles. The Kier molecular flexibility index (Phi) is 5.15. The van der Waals surface area contributed by atoms with Gasteiger partial charge in [0.05, 0.1) is 11.5 Å². The summed E-state index contributed by atoms with van der Waals surface area (Å²) in [6.45, 7) is -0.634. The minimum Gasteiger partial charge on any atom is -0.392 e. The second-order valence-corrected chi connectivity index (χ2v) is 4.33. The van der Waals surface area contributed by atoms with Crippen molar-refractivity contribution in [3.8, 4) is 0 Å². The Hall–Kier alpha value is -1.56. The maximum Gasteiger partial charge on any atom is 0.255 e. The third kappa shape index (κ3) is 3.73. The predicted octanol–water partition coefficient (Wildman–Crippen LogP) is 1.78. The molecule has 0 aromatic heterocycles. The smallest absolute Gasteiger partial charge is 0.255 e. The number of alkyl halides is 2. The van der Waals surface area contributed by atoms with E-state index in [0.717, 1.165) is 4.90 Å². The van der Waals surface area contributed by atoms with Crippen LogP contribution in [-0.4, -0.2) is 35.8 Å². The largest absolute Gasteiger partial charge is 0.392 e. The van der Waals surface area contributed by atoms with Crippen molar-refractivity contribution in [1.29, 1.82) is 0 Å². The summed E-state index contributed by atoms with van der Waals surface area (Å²) < 4.78 is 24.5. The molecule has 0 aliphatic heterocycles. The Morgan fingerprint density at radius 2 is 1.94 bits per heavy atom. The van der Waals surface area contributed by atoms with E-state index in [0.29, 0.717) is 5.56 Å². The lowest BCUT2D eigenvalue weighted by Gasteiger charge is -2.23. The highest BCUT2D eigenvalue weighted by molar-refractivity contribution is 7.80. The minimum atomic E-state index is -2.58. The van der Waals surface area contributed by atoms with E-state index in [1.54, 1.807) is 30.3 Å². The van der Waals surface area contributed by atoms with Crippen LogP contribution in [-0.2, 0) is 4.79 Å². The van der Waals surface area contributed by atoms with E-state index in [1.807, 2.05) is 0 Å². The van der Waals surface area contributed by atoms with Crippen LogP contribution in [0.3, 0.4) is 0 Å². The average molecular weight is 272 g/mol.